The third-order valence-electron chi connectivity index (χ3n) is 2.62. The van der Waals surface area contributed by atoms with Gasteiger partial charge in [0.15, 0.2) is 5.13 Å². The summed E-state index contributed by atoms with van der Waals surface area (Å²) >= 11 is 1.59. The maximum Gasteiger partial charge on any atom is 0.230 e. The van der Waals surface area contributed by atoms with Crippen molar-refractivity contribution in [1.82, 2.24) is 10.3 Å². The summed E-state index contributed by atoms with van der Waals surface area (Å²) in [6.45, 7) is 1.37. The van der Waals surface area contributed by atoms with E-state index in [0.29, 0.717) is 25.5 Å². The monoisotopic (exact) mass is 289 g/mol. The van der Waals surface area contributed by atoms with Crippen LogP contribution in [-0.2, 0) is 11.3 Å². The second-order valence-corrected chi connectivity index (χ2v) is 5.43. The molecule has 1 rings (SSSR count). The Kier molecular flexibility index (Phi) is 7.07. The molecule has 0 aliphatic heterocycles. The molecule has 2 N–H and O–H groups in total. The summed E-state index contributed by atoms with van der Waals surface area (Å²) in [6, 6.07) is 0.129. The van der Waals surface area contributed by atoms with Crippen LogP contribution >= 0.6 is 11.3 Å². The smallest absolute Gasteiger partial charge is 0.230 e. The summed E-state index contributed by atoms with van der Waals surface area (Å²) in [5, 5.41) is 13.3. The minimum absolute atomic E-state index is 0.129. The van der Waals surface area contributed by atoms with Crippen LogP contribution in [0.15, 0.2) is 0 Å². The molecule has 0 aliphatic rings. The lowest BCUT2D eigenvalue weighted by atomic mass is 10.2. The summed E-state index contributed by atoms with van der Waals surface area (Å²) in [7, 11) is 7.19. The average molecular weight is 289 g/mol. The van der Waals surface area contributed by atoms with Gasteiger partial charge < -0.3 is 24.8 Å². The number of anilines is 1. The van der Waals surface area contributed by atoms with Crippen LogP contribution in [0.1, 0.15) is 11.3 Å². The number of thiazole rings is 1. The molecule has 0 saturated carbocycles. The van der Waals surface area contributed by atoms with Crippen molar-refractivity contribution in [1.29, 1.82) is 0 Å². The summed E-state index contributed by atoms with van der Waals surface area (Å²) in [5.74, 6) is 0.654. The summed E-state index contributed by atoms with van der Waals surface area (Å²) < 4.78 is 10.4. The van der Waals surface area contributed by atoms with E-state index in [2.05, 4.69) is 10.3 Å². The highest BCUT2D eigenvalue weighted by Gasteiger charge is 2.15. The fraction of sp³-hybridized carbons (Fsp3) is 0.750. The van der Waals surface area contributed by atoms with E-state index in [1.54, 1.807) is 25.6 Å². The first-order valence-electron chi connectivity index (χ1n) is 6.16. The topological polar surface area (TPSA) is 66.9 Å². The van der Waals surface area contributed by atoms with Gasteiger partial charge in [0.1, 0.15) is 0 Å². The van der Waals surface area contributed by atoms with E-state index in [1.165, 1.54) is 0 Å². The molecule has 7 heteroatoms. The molecule has 1 atom stereocenters. The van der Waals surface area contributed by atoms with E-state index in [1.807, 2.05) is 19.0 Å². The zero-order chi connectivity index (χ0) is 14.3. The van der Waals surface area contributed by atoms with Gasteiger partial charge in [-0.1, -0.05) is 11.3 Å². The van der Waals surface area contributed by atoms with Crippen LogP contribution in [0.5, 0.6) is 5.88 Å². The Morgan fingerprint density at radius 1 is 1.42 bits per heavy atom. The molecular weight excluding hydrogens is 266 g/mol. The van der Waals surface area contributed by atoms with Gasteiger partial charge in [-0.2, -0.15) is 4.98 Å². The van der Waals surface area contributed by atoms with Gasteiger partial charge in [0.05, 0.1) is 18.6 Å². The molecule has 0 bridgehead atoms. The molecule has 0 amide bonds. The van der Waals surface area contributed by atoms with Gasteiger partial charge in [-0.05, 0) is 6.42 Å². The molecule has 19 heavy (non-hydrogen) atoms. The quantitative estimate of drug-likeness (QED) is 0.698. The number of nitrogens with zero attached hydrogens (tertiary/aromatic N) is 2. The number of methoxy groups -OCH3 is 2. The third-order valence-corrected chi connectivity index (χ3v) is 3.83. The van der Waals surface area contributed by atoms with Crippen LogP contribution in [-0.4, -0.2) is 57.7 Å². The van der Waals surface area contributed by atoms with Gasteiger partial charge in [-0.3, -0.25) is 0 Å². The first-order valence-corrected chi connectivity index (χ1v) is 6.98. The Morgan fingerprint density at radius 3 is 2.68 bits per heavy atom. The Hall–Kier alpha value is -0.890. The molecule has 6 nitrogen and oxygen atoms in total. The lowest BCUT2D eigenvalue weighted by Gasteiger charge is -2.16. The highest BCUT2D eigenvalue weighted by molar-refractivity contribution is 7.15. The van der Waals surface area contributed by atoms with E-state index in [0.717, 1.165) is 10.0 Å². The minimum Gasteiger partial charge on any atom is -0.480 e. The van der Waals surface area contributed by atoms with Crippen LogP contribution in [0.25, 0.3) is 0 Å². The Labute approximate surface area is 118 Å². The maximum atomic E-state index is 9.00. The molecule has 1 aromatic rings. The Balaban J connectivity index is 2.64. The summed E-state index contributed by atoms with van der Waals surface area (Å²) in [5.41, 5.74) is 0. The largest absolute Gasteiger partial charge is 0.480 e. The molecule has 1 aromatic heterocycles. The normalized spacial score (nSPS) is 12.5. The van der Waals surface area contributed by atoms with Gasteiger partial charge in [0, 0.05) is 40.4 Å². The highest BCUT2D eigenvalue weighted by atomic mass is 32.1. The number of hydrogen-bond acceptors (Lipinski definition) is 7. The molecule has 0 aromatic carbocycles. The second-order valence-electron chi connectivity index (χ2n) is 4.37. The molecular formula is C12H23N3O3S. The molecule has 1 unspecified atom stereocenters. The molecule has 0 radical (unpaired) electrons. The average Bonchev–Trinajstić information content (AvgIpc) is 2.80. The SMILES string of the molecule is COCC(CCO)NCc1sc(N(C)C)nc1OC. The predicted octanol–water partition coefficient (Wildman–Crippen LogP) is 0.705. The van der Waals surface area contributed by atoms with Crippen molar-refractivity contribution in [2.45, 2.75) is 19.0 Å². The van der Waals surface area contributed by atoms with Gasteiger partial charge in [0.2, 0.25) is 5.88 Å². The number of ether oxygens (including phenoxy) is 2. The highest BCUT2D eigenvalue weighted by Crippen LogP contribution is 2.30. The lowest BCUT2D eigenvalue weighted by Crippen LogP contribution is -2.33. The molecule has 110 valence electrons. The van der Waals surface area contributed by atoms with Crippen LogP contribution in [0.4, 0.5) is 5.13 Å². The first kappa shape index (κ1) is 16.2. The number of aliphatic hydroxyl groups excluding tert-OH is 1. The first-order chi connectivity index (χ1) is 9.12. The predicted molar refractivity (Wildman–Crippen MR) is 77.2 cm³/mol. The number of hydrogen-bond donors (Lipinski definition) is 2. The Bertz CT molecular complexity index is 365. The molecule has 0 aliphatic carbocycles. The van der Waals surface area contributed by atoms with Gasteiger partial charge in [-0.25, -0.2) is 0 Å². The standard InChI is InChI=1S/C12H23N3O3S/c1-15(2)12-14-11(18-4)10(19-12)7-13-9(5-6-16)8-17-3/h9,13,16H,5-8H2,1-4H3. The van der Waals surface area contributed by atoms with Gasteiger partial charge in [-0.15, -0.1) is 0 Å². The fourth-order valence-corrected chi connectivity index (χ4v) is 2.53. The van der Waals surface area contributed by atoms with Crippen LogP contribution in [0, 0.1) is 0 Å². The Morgan fingerprint density at radius 2 is 2.16 bits per heavy atom. The summed E-state index contributed by atoms with van der Waals surface area (Å²) in [6.07, 6.45) is 0.662. The number of nitrogens with one attached hydrogen (secondary N) is 1. The van der Waals surface area contributed by atoms with Crippen LogP contribution < -0.4 is 15.0 Å². The zero-order valence-corrected chi connectivity index (χ0v) is 12.8. The summed E-state index contributed by atoms with van der Waals surface area (Å²) in [4.78, 5) is 7.40. The third kappa shape index (κ3) is 4.94. The van der Waals surface area contributed by atoms with Gasteiger partial charge in [0.25, 0.3) is 0 Å². The molecule has 0 spiro atoms. The van der Waals surface area contributed by atoms with Crippen molar-refractivity contribution in [2.24, 2.45) is 0 Å². The van der Waals surface area contributed by atoms with Crippen LogP contribution in [0.3, 0.4) is 0 Å². The number of aromatic nitrogens is 1. The molecule has 0 saturated heterocycles. The number of rotatable bonds is 9. The van der Waals surface area contributed by atoms with Crippen molar-refractivity contribution in [3.63, 3.8) is 0 Å². The van der Waals surface area contributed by atoms with E-state index in [-0.39, 0.29) is 12.6 Å². The minimum atomic E-state index is 0.129. The van der Waals surface area contributed by atoms with Crippen molar-refractivity contribution in [3.8, 4) is 5.88 Å². The van der Waals surface area contributed by atoms with Gasteiger partial charge >= 0.3 is 0 Å². The zero-order valence-electron chi connectivity index (χ0n) is 12.0. The van der Waals surface area contributed by atoms with Crippen molar-refractivity contribution in [3.05, 3.63) is 4.88 Å². The molecule has 0 fully saturated rings. The lowest BCUT2D eigenvalue weighted by molar-refractivity contribution is 0.148. The molecule has 1 heterocycles. The van der Waals surface area contributed by atoms with Crippen LogP contribution in [0.2, 0.25) is 0 Å². The van der Waals surface area contributed by atoms with E-state index < -0.39 is 0 Å². The van der Waals surface area contributed by atoms with Crippen molar-refractivity contribution >= 4 is 16.5 Å². The number of aliphatic hydroxyl groups is 1. The fourth-order valence-electron chi connectivity index (χ4n) is 1.63. The van der Waals surface area contributed by atoms with E-state index in [9.17, 15) is 0 Å². The van der Waals surface area contributed by atoms with E-state index in [4.69, 9.17) is 14.6 Å². The maximum absolute atomic E-state index is 9.00. The van der Waals surface area contributed by atoms with E-state index >= 15 is 0 Å². The van der Waals surface area contributed by atoms with Crippen molar-refractivity contribution in [2.75, 3.05) is 46.4 Å². The second kappa shape index (κ2) is 8.31. The van der Waals surface area contributed by atoms with Crippen molar-refractivity contribution < 1.29 is 14.6 Å².